The van der Waals surface area contributed by atoms with E-state index in [0.29, 0.717) is 0 Å². The van der Waals surface area contributed by atoms with E-state index < -0.39 is 17.8 Å². The predicted octanol–water partition coefficient (Wildman–Crippen LogP) is 3.34. The van der Waals surface area contributed by atoms with Gasteiger partial charge in [0.2, 0.25) is 0 Å². The second-order valence-corrected chi connectivity index (χ2v) is 2.98. The Kier molecular flexibility index (Phi) is 3.52. The number of carbonyl (C=O) groups is 1. The van der Waals surface area contributed by atoms with Crippen LogP contribution in [0, 0.1) is 0 Å². The molecule has 76 valence electrons. The Hall–Kier alpha value is -1.03. The van der Waals surface area contributed by atoms with Gasteiger partial charge in [-0.2, -0.15) is 0 Å². The zero-order valence-corrected chi connectivity index (χ0v) is 7.64. The Labute approximate surface area is 83.5 Å². The lowest BCUT2D eigenvalue weighted by Gasteiger charge is -2.06. The van der Waals surface area contributed by atoms with Gasteiger partial charge in [0.1, 0.15) is 0 Å². The summed E-state index contributed by atoms with van der Waals surface area (Å²) in [6, 6.07) is 4.65. The van der Waals surface area contributed by atoms with Gasteiger partial charge in [-0.15, -0.1) is 0 Å². The van der Waals surface area contributed by atoms with Crippen molar-refractivity contribution in [3.05, 3.63) is 35.4 Å². The van der Waals surface area contributed by atoms with Gasteiger partial charge in [0, 0.05) is 5.56 Å². The highest BCUT2D eigenvalue weighted by molar-refractivity contribution is 6.67. The van der Waals surface area contributed by atoms with Gasteiger partial charge in [0.15, 0.2) is 6.17 Å². The van der Waals surface area contributed by atoms with Gasteiger partial charge in [0.05, 0.1) is 0 Å². The van der Waals surface area contributed by atoms with Crippen molar-refractivity contribution >= 4 is 16.8 Å². The zero-order chi connectivity index (χ0) is 10.7. The first-order valence-electron chi connectivity index (χ1n) is 3.74. The Bertz CT molecular complexity index is 323. The molecule has 0 spiro atoms. The van der Waals surface area contributed by atoms with Crippen molar-refractivity contribution in [2.75, 3.05) is 0 Å². The van der Waals surface area contributed by atoms with E-state index in [0.717, 1.165) is 12.1 Å². The average molecular weight is 223 g/mol. The predicted molar refractivity (Wildman–Crippen MR) is 46.5 cm³/mol. The number of alkyl halides is 3. The number of benzene rings is 1. The highest BCUT2D eigenvalue weighted by Gasteiger charge is 2.21. The van der Waals surface area contributed by atoms with Crippen molar-refractivity contribution in [2.24, 2.45) is 0 Å². The summed E-state index contributed by atoms with van der Waals surface area (Å²) in [6.45, 7) is 0. The number of carbonyl (C=O) groups excluding carboxylic acids is 1. The van der Waals surface area contributed by atoms with E-state index in [1.54, 1.807) is 0 Å². The molecule has 0 bridgehead atoms. The minimum Gasteiger partial charge on any atom is -0.276 e. The van der Waals surface area contributed by atoms with E-state index in [2.05, 4.69) is 0 Å². The SMILES string of the molecule is O=C(Cl)c1ccc(C(F)C(F)F)cc1. The van der Waals surface area contributed by atoms with Crippen molar-refractivity contribution in [2.45, 2.75) is 12.6 Å². The van der Waals surface area contributed by atoms with Gasteiger partial charge in [0.25, 0.3) is 11.7 Å². The van der Waals surface area contributed by atoms with Crippen LogP contribution in [0.15, 0.2) is 24.3 Å². The third-order valence-corrected chi connectivity index (χ3v) is 1.90. The summed E-state index contributed by atoms with van der Waals surface area (Å²) in [4.78, 5) is 10.6. The number of rotatable bonds is 3. The summed E-state index contributed by atoms with van der Waals surface area (Å²) >= 11 is 5.12. The van der Waals surface area contributed by atoms with Crippen LogP contribution in [-0.4, -0.2) is 11.7 Å². The molecule has 0 heterocycles. The van der Waals surface area contributed by atoms with Crippen LogP contribution in [0.1, 0.15) is 22.1 Å². The normalized spacial score (nSPS) is 12.9. The second-order valence-electron chi connectivity index (χ2n) is 2.63. The standard InChI is InChI=1S/C9H6ClF3O/c10-8(14)6-3-1-5(2-4-6)7(11)9(12)13/h1-4,7,9H. The van der Waals surface area contributed by atoms with Crippen LogP contribution in [0.5, 0.6) is 0 Å². The lowest BCUT2D eigenvalue weighted by Crippen LogP contribution is -2.03. The first-order chi connectivity index (χ1) is 6.52. The Balaban J connectivity index is 2.88. The molecule has 1 rings (SSSR count). The molecular formula is C9H6ClF3O. The zero-order valence-electron chi connectivity index (χ0n) is 6.88. The monoisotopic (exact) mass is 222 g/mol. The fourth-order valence-electron chi connectivity index (χ4n) is 0.943. The smallest absolute Gasteiger partial charge is 0.273 e. The molecule has 0 aliphatic carbocycles. The first-order valence-corrected chi connectivity index (χ1v) is 4.12. The van der Waals surface area contributed by atoms with E-state index in [4.69, 9.17) is 11.6 Å². The fourth-order valence-corrected chi connectivity index (χ4v) is 1.07. The lowest BCUT2D eigenvalue weighted by atomic mass is 10.1. The molecule has 0 fully saturated rings. The topological polar surface area (TPSA) is 17.1 Å². The quantitative estimate of drug-likeness (QED) is 0.717. The number of halogens is 4. The van der Waals surface area contributed by atoms with Crippen molar-refractivity contribution < 1.29 is 18.0 Å². The van der Waals surface area contributed by atoms with E-state index in [1.165, 1.54) is 12.1 Å². The molecule has 0 aromatic heterocycles. The third kappa shape index (κ3) is 2.48. The van der Waals surface area contributed by atoms with Crippen LogP contribution in [0.25, 0.3) is 0 Å². The summed E-state index contributed by atoms with van der Waals surface area (Å²) in [6.07, 6.45) is -5.39. The molecule has 1 atom stereocenters. The summed E-state index contributed by atoms with van der Waals surface area (Å²) in [5, 5.41) is -0.705. The highest BCUT2D eigenvalue weighted by Crippen LogP contribution is 2.24. The van der Waals surface area contributed by atoms with Crippen molar-refractivity contribution in [3.63, 3.8) is 0 Å². The van der Waals surface area contributed by atoms with E-state index >= 15 is 0 Å². The van der Waals surface area contributed by atoms with Crippen LogP contribution in [0.4, 0.5) is 13.2 Å². The molecule has 0 saturated carbocycles. The molecule has 0 radical (unpaired) electrons. The van der Waals surface area contributed by atoms with Crippen LogP contribution in [0.3, 0.4) is 0 Å². The number of hydrogen-bond acceptors (Lipinski definition) is 1. The maximum atomic E-state index is 12.7. The minimum absolute atomic E-state index is 0.150. The highest BCUT2D eigenvalue weighted by atomic mass is 35.5. The maximum absolute atomic E-state index is 12.7. The summed E-state index contributed by atoms with van der Waals surface area (Å²) < 4.78 is 36.5. The van der Waals surface area contributed by atoms with E-state index in [-0.39, 0.29) is 11.1 Å². The van der Waals surface area contributed by atoms with Crippen LogP contribution >= 0.6 is 11.6 Å². The molecule has 0 saturated heterocycles. The summed E-state index contributed by atoms with van der Waals surface area (Å²) in [5.41, 5.74) is -0.0152. The Morgan fingerprint density at radius 3 is 2.00 bits per heavy atom. The molecule has 1 unspecified atom stereocenters. The van der Waals surface area contributed by atoms with Crippen molar-refractivity contribution in [3.8, 4) is 0 Å². The van der Waals surface area contributed by atoms with Gasteiger partial charge < -0.3 is 0 Å². The second kappa shape index (κ2) is 4.46. The fraction of sp³-hybridized carbons (Fsp3) is 0.222. The number of hydrogen-bond donors (Lipinski definition) is 0. The summed E-state index contributed by atoms with van der Waals surface area (Å²) in [5.74, 6) is 0. The van der Waals surface area contributed by atoms with Gasteiger partial charge in [-0.05, 0) is 29.3 Å². The Morgan fingerprint density at radius 2 is 1.64 bits per heavy atom. The largest absolute Gasteiger partial charge is 0.276 e. The minimum atomic E-state index is -3.06. The molecule has 0 N–H and O–H groups in total. The van der Waals surface area contributed by atoms with Crippen LogP contribution in [0.2, 0.25) is 0 Å². The molecule has 14 heavy (non-hydrogen) atoms. The molecule has 5 heteroatoms. The third-order valence-electron chi connectivity index (χ3n) is 1.68. The Morgan fingerprint density at radius 1 is 1.14 bits per heavy atom. The molecule has 0 amide bonds. The van der Waals surface area contributed by atoms with Crippen LogP contribution in [-0.2, 0) is 0 Å². The van der Waals surface area contributed by atoms with E-state index in [1.807, 2.05) is 0 Å². The average Bonchev–Trinajstić information content (AvgIpc) is 2.16. The molecule has 1 aromatic rings. The molecule has 0 aliphatic heterocycles. The molecule has 0 aliphatic rings. The molecular weight excluding hydrogens is 217 g/mol. The van der Waals surface area contributed by atoms with Gasteiger partial charge >= 0.3 is 0 Å². The molecule has 1 nitrogen and oxygen atoms in total. The first kappa shape index (κ1) is 11.0. The van der Waals surface area contributed by atoms with E-state index in [9.17, 15) is 18.0 Å². The maximum Gasteiger partial charge on any atom is 0.273 e. The van der Waals surface area contributed by atoms with Gasteiger partial charge in [-0.1, -0.05) is 12.1 Å². The van der Waals surface area contributed by atoms with Crippen molar-refractivity contribution in [1.82, 2.24) is 0 Å². The summed E-state index contributed by atoms with van der Waals surface area (Å²) in [7, 11) is 0. The van der Waals surface area contributed by atoms with Crippen LogP contribution < -0.4 is 0 Å². The lowest BCUT2D eigenvalue weighted by molar-refractivity contribution is 0.0496. The van der Waals surface area contributed by atoms with Crippen molar-refractivity contribution in [1.29, 1.82) is 0 Å². The van der Waals surface area contributed by atoms with Gasteiger partial charge in [-0.3, -0.25) is 4.79 Å². The van der Waals surface area contributed by atoms with Gasteiger partial charge in [-0.25, -0.2) is 13.2 Å². The molecule has 1 aromatic carbocycles.